The summed E-state index contributed by atoms with van der Waals surface area (Å²) in [5.74, 6) is 0. The normalized spacial score (nSPS) is 14.8. The molecule has 1 heterocycles. The summed E-state index contributed by atoms with van der Waals surface area (Å²) in [5, 5.41) is 2.64. The van der Waals surface area contributed by atoms with Crippen LogP contribution in [0.5, 0.6) is 0 Å². The third-order valence-corrected chi connectivity index (χ3v) is 2.52. The Balaban J connectivity index is 0.000000270. The zero-order chi connectivity index (χ0) is 16.2. The molecule has 0 amide bonds. The molecule has 1 nitrogen and oxygen atoms in total. The van der Waals surface area contributed by atoms with Crippen molar-refractivity contribution in [3.63, 3.8) is 0 Å². The number of halogens is 6. The number of aryl methyl sites for hydroxylation is 1. The topological polar surface area (TPSA) is 3.88 Å². The fourth-order valence-electron chi connectivity index (χ4n) is 1.66. The van der Waals surface area contributed by atoms with Crippen LogP contribution in [0.4, 0.5) is 25.2 Å². The summed E-state index contributed by atoms with van der Waals surface area (Å²) in [6.45, 7) is 3.35. The molecular weight excluding hydrogens is 315 g/mol. The van der Waals surface area contributed by atoms with Crippen LogP contribution in [0, 0.1) is 0 Å². The van der Waals surface area contributed by atoms with Gasteiger partial charge in [-0.05, 0) is 11.5 Å². The van der Waals surface area contributed by atoms with Crippen molar-refractivity contribution in [3.05, 3.63) is 42.7 Å². The molecule has 0 saturated carbocycles. The molecule has 0 spiro atoms. The van der Waals surface area contributed by atoms with Crippen molar-refractivity contribution < 1.29 is 29.7 Å². The summed E-state index contributed by atoms with van der Waals surface area (Å²) < 4.78 is 61.5. The van der Waals surface area contributed by atoms with E-state index in [0.717, 1.165) is 6.54 Å². The van der Waals surface area contributed by atoms with Gasteiger partial charge in [-0.25, -0.2) is 4.57 Å². The molecule has 1 aromatic heterocycles. The van der Waals surface area contributed by atoms with Gasteiger partial charge in [-0.3, -0.25) is 0 Å². The van der Waals surface area contributed by atoms with Crippen LogP contribution in [0.15, 0.2) is 42.7 Å². The molecule has 8 heteroatoms. The van der Waals surface area contributed by atoms with Crippen molar-refractivity contribution in [1.29, 1.82) is 0 Å². The Morgan fingerprint density at radius 1 is 0.905 bits per heavy atom. The molecule has 0 fully saturated rings. The minimum atomic E-state index is -10.7. The van der Waals surface area contributed by atoms with E-state index in [9.17, 15) is 25.2 Å². The Bertz CT molecular complexity index is 597. The van der Waals surface area contributed by atoms with E-state index in [4.69, 9.17) is 0 Å². The monoisotopic (exact) mass is 331 g/mol. The number of unbranched alkanes of at least 4 members (excludes halogenated alkanes) is 1. The molecule has 2 aromatic rings. The van der Waals surface area contributed by atoms with Gasteiger partial charge in [0.2, 0.25) is 0 Å². The van der Waals surface area contributed by atoms with Gasteiger partial charge in [0.25, 0.3) is 0 Å². The van der Waals surface area contributed by atoms with Gasteiger partial charge in [-0.1, -0.05) is 31.5 Å². The molecule has 1 aromatic carbocycles. The standard InChI is InChI=1S/C13H16N.F6P/c1-2-3-9-14-10-8-12-6-4-5-7-13(12)11-14;1-7(2,3,4,5)6/h4-8,10-11H,2-3,9H2,1H3;/q+1;-1. The fraction of sp³-hybridized carbons (Fsp3) is 0.308. The molecular formula is C13H16F6NP. The minimum absolute atomic E-state index is 1.13. The number of nitrogens with zero attached hydrogens (tertiary/aromatic N) is 1. The molecule has 0 saturated heterocycles. The van der Waals surface area contributed by atoms with Gasteiger partial charge < -0.3 is 0 Å². The van der Waals surface area contributed by atoms with E-state index in [1.807, 2.05) is 0 Å². The number of aromatic nitrogens is 1. The van der Waals surface area contributed by atoms with Gasteiger partial charge in [-0.2, -0.15) is 0 Å². The van der Waals surface area contributed by atoms with Crippen molar-refractivity contribution >= 4 is 18.6 Å². The van der Waals surface area contributed by atoms with Gasteiger partial charge in [0, 0.05) is 17.9 Å². The van der Waals surface area contributed by atoms with E-state index in [-0.39, 0.29) is 0 Å². The third kappa shape index (κ3) is 10.1. The maximum atomic E-state index is 9.87. The van der Waals surface area contributed by atoms with Crippen molar-refractivity contribution in [2.75, 3.05) is 0 Å². The predicted octanol–water partition coefficient (Wildman–Crippen LogP) is 6.31. The van der Waals surface area contributed by atoms with Crippen molar-refractivity contribution in [1.82, 2.24) is 0 Å². The average molecular weight is 331 g/mol. The maximum absolute atomic E-state index is 10.7. The van der Waals surface area contributed by atoms with E-state index in [2.05, 4.69) is 54.2 Å². The Hall–Kier alpha value is -1.36. The zero-order valence-electron chi connectivity index (χ0n) is 11.3. The number of rotatable bonds is 3. The number of hydrogen-bond acceptors (Lipinski definition) is 0. The van der Waals surface area contributed by atoms with Gasteiger partial charge in [0.15, 0.2) is 12.4 Å². The van der Waals surface area contributed by atoms with E-state index in [1.165, 1.54) is 23.6 Å². The summed E-state index contributed by atoms with van der Waals surface area (Å²) in [4.78, 5) is 0. The first-order valence-electron chi connectivity index (χ1n) is 6.29. The molecule has 0 N–H and O–H groups in total. The molecule has 0 aliphatic rings. The second-order valence-electron chi connectivity index (χ2n) is 4.62. The van der Waals surface area contributed by atoms with Crippen LogP contribution in [0.1, 0.15) is 19.8 Å². The molecule has 0 atom stereocenters. The third-order valence-electron chi connectivity index (χ3n) is 2.52. The average Bonchev–Trinajstić information content (AvgIpc) is 2.32. The summed E-state index contributed by atoms with van der Waals surface area (Å²) in [7, 11) is -10.7. The van der Waals surface area contributed by atoms with Gasteiger partial charge >= 0.3 is 33.0 Å². The zero-order valence-corrected chi connectivity index (χ0v) is 12.2. The quantitative estimate of drug-likeness (QED) is 0.352. The van der Waals surface area contributed by atoms with E-state index < -0.39 is 7.81 Å². The first-order chi connectivity index (χ1) is 9.35. The molecule has 2 rings (SSSR count). The second kappa shape index (κ2) is 5.44. The Morgan fingerprint density at radius 3 is 1.95 bits per heavy atom. The van der Waals surface area contributed by atoms with Crippen LogP contribution in [-0.2, 0) is 6.54 Å². The summed E-state index contributed by atoms with van der Waals surface area (Å²) in [6, 6.07) is 10.7. The van der Waals surface area contributed by atoms with Crippen LogP contribution in [0.25, 0.3) is 10.8 Å². The van der Waals surface area contributed by atoms with Crippen LogP contribution in [0.3, 0.4) is 0 Å². The second-order valence-corrected chi connectivity index (χ2v) is 6.54. The molecule has 120 valence electrons. The molecule has 0 aliphatic carbocycles. The first kappa shape index (κ1) is 17.7. The predicted molar refractivity (Wildman–Crippen MR) is 72.6 cm³/mol. The first-order valence-corrected chi connectivity index (χ1v) is 8.32. The molecule has 0 aliphatic heterocycles. The van der Waals surface area contributed by atoms with Gasteiger partial charge in [0.1, 0.15) is 6.54 Å². The summed E-state index contributed by atoms with van der Waals surface area (Å²) in [6.07, 6.45) is 6.89. The van der Waals surface area contributed by atoms with E-state index in [0.29, 0.717) is 0 Å². The summed E-state index contributed by atoms with van der Waals surface area (Å²) in [5.41, 5.74) is 0. The number of pyridine rings is 1. The Morgan fingerprint density at radius 2 is 1.43 bits per heavy atom. The van der Waals surface area contributed by atoms with Crippen LogP contribution >= 0.6 is 7.81 Å². The van der Waals surface area contributed by atoms with Crippen molar-refractivity contribution in [2.45, 2.75) is 26.3 Å². The van der Waals surface area contributed by atoms with Gasteiger partial charge in [0.05, 0.1) is 0 Å². The molecule has 0 radical (unpaired) electrons. The SMILES string of the molecule is CCCC[n+]1ccc2ccccc2c1.F[P-](F)(F)(F)(F)F. The Labute approximate surface area is 118 Å². The van der Waals surface area contributed by atoms with Crippen LogP contribution in [-0.4, -0.2) is 0 Å². The number of fused-ring (bicyclic) bond motifs is 1. The van der Waals surface area contributed by atoms with Crippen LogP contribution < -0.4 is 4.57 Å². The van der Waals surface area contributed by atoms with Crippen molar-refractivity contribution in [3.8, 4) is 0 Å². The Kier molecular flexibility index (Phi) is 4.59. The number of hydrogen-bond donors (Lipinski definition) is 0. The van der Waals surface area contributed by atoms with E-state index >= 15 is 0 Å². The van der Waals surface area contributed by atoms with Crippen LogP contribution in [0.2, 0.25) is 0 Å². The summed E-state index contributed by atoms with van der Waals surface area (Å²) >= 11 is 0. The fourth-order valence-corrected chi connectivity index (χ4v) is 1.66. The molecule has 0 bridgehead atoms. The van der Waals surface area contributed by atoms with E-state index in [1.54, 1.807) is 0 Å². The number of benzene rings is 1. The van der Waals surface area contributed by atoms with Gasteiger partial charge in [-0.15, -0.1) is 0 Å². The molecule has 0 unspecified atom stereocenters. The molecule has 21 heavy (non-hydrogen) atoms. The van der Waals surface area contributed by atoms with Crippen molar-refractivity contribution in [2.24, 2.45) is 0 Å².